The summed E-state index contributed by atoms with van der Waals surface area (Å²) in [7, 11) is 0. The molecule has 190 valence electrons. The molecule has 1 atom stereocenters. The predicted octanol–water partition coefficient (Wildman–Crippen LogP) is 3.53. The molecule has 2 aliphatic heterocycles. The normalized spacial score (nSPS) is 19.7. The summed E-state index contributed by atoms with van der Waals surface area (Å²) in [6, 6.07) is 9.14. The summed E-state index contributed by atoms with van der Waals surface area (Å²) >= 11 is 0. The second-order valence-corrected chi connectivity index (χ2v) is 10.3. The molecule has 5 rings (SSSR count). The van der Waals surface area contributed by atoms with Crippen molar-refractivity contribution in [1.82, 2.24) is 25.3 Å². The first kappa shape index (κ1) is 24.5. The molecule has 36 heavy (non-hydrogen) atoms. The van der Waals surface area contributed by atoms with Gasteiger partial charge in [0.15, 0.2) is 11.3 Å². The maximum Gasteiger partial charge on any atom is 0.230 e. The summed E-state index contributed by atoms with van der Waals surface area (Å²) in [6.45, 7) is 7.13. The monoisotopic (exact) mass is 493 g/mol. The number of benzene rings is 1. The Balaban J connectivity index is 1.45. The molecule has 2 N–H and O–H groups in total. The molecule has 0 saturated carbocycles. The Kier molecular flexibility index (Phi) is 6.38. The number of nitrogens with one attached hydrogen (secondary N) is 1. The molecular formula is C27H32FN5O3. The first-order valence-electron chi connectivity index (χ1n) is 12.5. The van der Waals surface area contributed by atoms with Gasteiger partial charge < -0.3 is 19.8 Å². The number of aromatic nitrogens is 3. The molecular weight excluding hydrogens is 461 g/mol. The molecule has 2 aromatic heterocycles. The van der Waals surface area contributed by atoms with Gasteiger partial charge in [0.1, 0.15) is 0 Å². The summed E-state index contributed by atoms with van der Waals surface area (Å²) in [5.41, 5.74) is -1.33. The summed E-state index contributed by atoms with van der Waals surface area (Å²) in [4.78, 5) is 22.3. The number of hydrogen-bond acceptors (Lipinski definition) is 7. The molecule has 1 aromatic carbocycles. The van der Waals surface area contributed by atoms with Gasteiger partial charge in [-0.25, -0.2) is 4.39 Å². The van der Waals surface area contributed by atoms with Crippen molar-refractivity contribution in [2.24, 2.45) is 0 Å². The van der Waals surface area contributed by atoms with Gasteiger partial charge in [0.2, 0.25) is 17.6 Å². The van der Waals surface area contributed by atoms with Crippen molar-refractivity contribution in [3.8, 4) is 11.4 Å². The second kappa shape index (κ2) is 9.37. The highest BCUT2D eigenvalue weighted by atomic mass is 19.1. The minimum Gasteiger partial charge on any atom is -0.377 e. The van der Waals surface area contributed by atoms with Gasteiger partial charge in [0.05, 0.1) is 0 Å². The SMILES string of the molecule is CC(=O)N1CCC(c2nc(-c3cncc(C(O)(c4ccc(C(C)C)cc4)C4(F)CNC4)c3)no2)CC1. The van der Waals surface area contributed by atoms with Crippen LogP contribution in [-0.2, 0) is 10.4 Å². The van der Waals surface area contributed by atoms with Crippen LogP contribution in [0.3, 0.4) is 0 Å². The van der Waals surface area contributed by atoms with Gasteiger partial charge in [-0.1, -0.05) is 43.3 Å². The van der Waals surface area contributed by atoms with Gasteiger partial charge in [-0.2, -0.15) is 4.98 Å². The number of alkyl halides is 1. The van der Waals surface area contributed by atoms with E-state index < -0.39 is 11.3 Å². The molecule has 2 saturated heterocycles. The minimum absolute atomic E-state index is 0.0327. The van der Waals surface area contributed by atoms with Crippen LogP contribution in [0.1, 0.15) is 68.0 Å². The van der Waals surface area contributed by atoms with Crippen LogP contribution in [0.5, 0.6) is 0 Å². The molecule has 8 nitrogen and oxygen atoms in total. The maximum atomic E-state index is 16.0. The van der Waals surface area contributed by atoms with Crippen molar-refractivity contribution < 1.29 is 18.8 Å². The lowest BCUT2D eigenvalue weighted by molar-refractivity contribution is -0.129. The van der Waals surface area contributed by atoms with Crippen molar-refractivity contribution in [2.45, 2.75) is 56.7 Å². The van der Waals surface area contributed by atoms with E-state index in [9.17, 15) is 9.90 Å². The Hall–Kier alpha value is -3.17. The van der Waals surface area contributed by atoms with Crippen LogP contribution in [0.15, 0.2) is 47.2 Å². The zero-order valence-electron chi connectivity index (χ0n) is 20.9. The van der Waals surface area contributed by atoms with E-state index in [0.29, 0.717) is 47.4 Å². The van der Waals surface area contributed by atoms with Crippen LogP contribution in [0, 0.1) is 0 Å². The second-order valence-electron chi connectivity index (χ2n) is 10.3. The zero-order chi connectivity index (χ0) is 25.5. The molecule has 0 spiro atoms. The van der Waals surface area contributed by atoms with Crippen molar-refractivity contribution in [3.63, 3.8) is 0 Å². The van der Waals surface area contributed by atoms with E-state index in [2.05, 4.69) is 34.3 Å². The highest BCUT2D eigenvalue weighted by Gasteiger charge is 2.57. The number of nitrogens with zero attached hydrogens (tertiary/aromatic N) is 4. The van der Waals surface area contributed by atoms with Gasteiger partial charge in [0.25, 0.3) is 0 Å². The third-order valence-electron chi connectivity index (χ3n) is 7.60. The Morgan fingerprint density at radius 2 is 1.89 bits per heavy atom. The van der Waals surface area contributed by atoms with E-state index >= 15 is 4.39 Å². The summed E-state index contributed by atoms with van der Waals surface area (Å²) in [5.74, 6) is 1.32. The van der Waals surface area contributed by atoms with Crippen LogP contribution in [0.2, 0.25) is 0 Å². The Labute approximate surface area is 209 Å². The molecule has 1 amide bonds. The molecule has 9 heteroatoms. The summed E-state index contributed by atoms with van der Waals surface area (Å²) < 4.78 is 21.6. The third kappa shape index (κ3) is 4.20. The highest BCUT2D eigenvalue weighted by Crippen LogP contribution is 2.45. The zero-order valence-corrected chi connectivity index (χ0v) is 20.9. The third-order valence-corrected chi connectivity index (χ3v) is 7.60. The molecule has 0 aliphatic carbocycles. The van der Waals surface area contributed by atoms with Crippen LogP contribution < -0.4 is 5.32 Å². The average Bonchev–Trinajstić information content (AvgIpc) is 3.37. The predicted molar refractivity (Wildman–Crippen MR) is 132 cm³/mol. The quantitative estimate of drug-likeness (QED) is 0.541. The van der Waals surface area contributed by atoms with E-state index in [1.165, 1.54) is 6.20 Å². The molecule has 0 bridgehead atoms. The summed E-state index contributed by atoms with van der Waals surface area (Å²) in [5, 5.41) is 19.1. The van der Waals surface area contributed by atoms with Gasteiger partial charge in [-0.15, -0.1) is 0 Å². The number of amides is 1. The fourth-order valence-corrected chi connectivity index (χ4v) is 5.11. The van der Waals surface area contributed by atoms with Crippen molar-refractivity contribution in [3.05, 3.63) is 65.3 Å². The number of aliphatic hydroxyl groups is 1. The maximum absolute atomic E-state index is 16.0. The molecule has 1 unspecified atom stereocenters. The number of carbonyl (C=O) groups is 1. The molecule has 3 aromatic rings. The molecule has 4 heterocycles. The van der Waals surface area contributed by atoms with Gasteiger partial charge in [-0.05, 0) is 36.0 Å². The van der Waals surface area contributed by atoms with E-state index in [1.54, 1.807) is 31.3 Å². The number of rotatable bonds is 6. The van der Waals surface area contributed by atoms with E-state index in [1.807, 2.05) is 17.0 Å². The highest BCUT2D eigenvalue weighted by molar-refractivity contribution is 5.73. The topological polar surface area (TPSA) is 104 Å². The Morgan fingerprint density at radius 1 is 1.19 bits per heavy atom. The average molecular weight is 494 g/mol. The van der Waals surface area contributed by atoms with E-state index in [4.69, 9.17) is 4.52 Å². The molecule has 2 fully saturated rings. The number of halogens is 1. The number of pyridine rings is 1. The number of carbonyl (C=O) groups excluding carboxylic acids is 1. The fraction of sp³-hybridized carbons (Fsp3) is 0.481. The van der Waals surface area contributed by atoms with E-state index in [-0.39, 0.29) is 24.9 Å². The summed E-state index contributed by atoms with van der Waals surface area (Å²) in [6.07, 6.45) is 4.59. The first-order valence-corrected chi connectivity index (χ1v) is 12.5. The molecule has 2 aliphatic rings. The van der Waals surface area contributed by atoms with Gasteiger partial charge in [-0.3, -0.25) is 9.78 Å². The van der Waals surface area contributed by atoms with Crippen LogP contribution >= 0.6 is 0 Å². The van der Waals surface area contributed by atoms with Crippen molar-refractivity contribution in [2.75, 3.05) is 26.2 Å². The lowest BCUT2D eigenvalue weighted by Gasteiger charge is -2.48. The molecule has 0 radical (unpaired) electrons. The number of piperidine rings is 1. The smallest absolute Gasteiger partial charge is 0.230 e. The first-order chi connectivity index (χ1) is 17.2. The number of likely N-dealkylation sites (tertiary alicyclic amines) is 1. The van der Waals surface area contributed by atoms with Crippen molar-refractivity contribution in [1.29, 1.82) is 0 Å². The Bertz CT molecular complexity index is 1230. The van der Waals surface area contributed by atoms with Crippen LogP contribution in [0.25, 0.3) is 11.4 Å². The lowest BCUT2D eigenvalue weighted by Crippen LogP contribution is -2.68. The van der Waals surface area contributed by atoms with E-state index in [0.717, 1.165) is 18.4 Å². The lowest BCUT2D eigenvalue weighted by atomic mass is 9.71. The van der Waals surface area contributed by atoms with Crippen LogP contribution in [-0.4, -0.2) is 62.9 Å². The van der Waals surface area contributed by atoms with Gasteiger partial charge in [0, 0.05) is 62.5 Å². The Morgan fingerprint density at radius 3 is 2.47 bits per heavy atom. The number of hydrogen-bond donors (Lipinski definition) is 2. The van der Waals surface area contributed by atoms with Gasteiger partial charge >= 0.3 is 0 Å². The minimum atomic E-state index is -1.90. The largest absolute Gasteiger partial charge is 0.377 e. The standard InChI is InChI=1S/C27H32FN5O3/c1-17(2)19-4-6-22(7-5-19)27(35,26(28)15-30-16-26)23-12-21(13-29-14-23)24-31-25(36-32-24)20-8-10-33(11-9-20)18(3)34/h4-7,12-14,17,20,30,35H,8-11,15-16H2,1-3H3. The van der Waals surface area contributed by atoms with Crippen molar-refractivity contribution >= 4 is 5.91 Å². The van der Waals surface area contributed by atoms with Crippen LogP contribution in [0.4, 0.5) is 4.39 Å². The fourth-order valence-electron chi connectivity index (χ4n) is 5.11.